The minimum Gasteiger partial charge on any atom is -0.623 e. The molecule has 1 fully saturated rings. The summed E-state index contributed by atoms with van der Waals surface area (Å²) in [5, 5.41) is 22.5. The highest BCUT2D eigenvalue weighted by atomic mass is 16.5. The summed E-state index contributed by atoms with van der Waals surface area (Å²) in [5.74, 6) is 0.373. The fourth-order valence-electron chi connectivity index (χ4n) is 3.44. The van der Waals surface area contributed by atoms with Gasteiger partial charge in [0.15, 0.2) is 11.8 Å². The maximum Gasteiger partial charge on any atom is 0.182 e. The Kier molecular flexibility index (Phi) is 4.14. The van der Waals surface area contributed by atoms with Crippen molar-refractivity contribution in [3.05, 3.63) is 69.4 Å². The lowest BCUT2D eigenvalue weighted by molar-refractivity contribution is -0.530. The Balaban J connectivity index is 2.12. The van der Waals surface area contributed by atoms with Crippen LogP contribution in [0, 0.1) is 19.1 Å². The van der Waals surface area contributed by atoms with Crippen molar-refractivity contribution in [3.63, 3.8) is 0 Å². The Morgan fingerprint density at radius 1 is 1.08 bits per heavy atom. The molecule has 3 rings (SSSR count). The molecule has 3 nitrogen and oxygen atoms in total. The lowest BCUT2D eigenvalue weighted by atomic mass is 9.83. The second-order valence-electron chi connectivity index (χ2n) is 8.25. The standard InChI is InChI=1S/C22H27NO2/c1-15-12-18(13-16(2)20(15)24)22(10-11-22)19-9-7-6-8-17(19)14-23(25)21(3,4)5/h6-9,12-14,24H,10-11H2,1-5H3/b23-14-. The normalized spacial score (nSPS) is 16.8. The zero-order valence-corrected chi connectivity index (χ0v) is 15.8. The van der Waals surface area contributed by atoms with Crippen LogP contribution in [0.3, 0.4) is 0 Å². The van der Waals surface area contributed by atoms with Crippen molar-refractivity contribution >= 4 is 6.21 Å². The van der Waals surface area contributed by atoms with Crippen molar-refractivity contribution in [1.29, 1.82) is 0 Å². The highest BCUT2D eigenvalue weighted by Gasteiger charge is 2.47. The third kappa shape index (κ3) is 3.15. The molecular weight excluding hydrogens is 310 g/mol. The first-order valence-electron chi connectivity index (χ1n) is 8.87. The summed E-state index contributed by atoms with van der Waals surface area (Å²) in [6.07, 6.45) is 3.85. The van der Waals surface area contributed by atoms with E-state index in [1.165, 1.54) is 11.1 Å². The summed E-state index contributed by atoms with van der Waals surface area (Å²) in [4.78, 5) is 0. The van der Waals surface area contributed by atoms with E-state index < -0.39 is 5.54 Å². The van der Waals surface area contributed by atoms with E-state index in [0.29, 0.717) is 5.75 Å². The van der Waals surface area contributed by atoms with Crippen LogP contribution >= 0.6 is 0 Å². The van der Waals surface area contributed by atoms with Gasteiger partial charge in [0.2, 0.25) is 0 Å². The largest absolute Gasteiger partial charge is 0.623 e. The Labute approximate surface area is 150 Å². The summed E-state index contributed by atoms with van der Waals surface area (Å²) < 4.78 is 1.04. The molecule has 0 spiro atoms. The van der Waals surface area contributed by atoms with Crippen LogP contribution in [-0.2, 0) is 5.41 Å². The van der Waals surface area contributed by atoms with E-state index in [4.69, 9.17) is 0 Å². The predicted octanol–water partition coefficient (Wildman–Crippen LogP) is 4.82. The molecule has 0 heterocycles. The zero-order chi connectivity index (χ0) is 18.4. The molecule has 25 heavy (non-hydrogen) atoms. The van der Waals surface area contributed by atoms with Crippen molar-refractivity contribution in [1.82, 2.24) is 0 Å². The smallest absolute Gasteiger partial charge is 0.182 e. The number of phenols is 1. The van der Waals surface area contributed by atoms with E-state index in [0.717, 1.165) is 34.3 Å². The summed E-state index contributed by atoms with van der Waals surface area (Å²) in [5.41, 5.74) is 4.71. The molecule has 2 aromatic rings. The SMILES string of the molecule is Cc1cc(C2(c3ccccc3/C=[N+](\[O-])C(C)(C)C)CC2)cc(C)c1O. The second kappa shape index (κ2) is 5.91. The molecule has 0 saturated heterocycles. The Morgan fingerprint density at radius 3 is 2.16 bits per heavy atom. The van der Waals surface area contributed by atoms with Gasteiger partial charge in [-0.25, -0.2) is 4.74 Å². The Bertz CT molecular complexity index is 816. The lowest BCUT2D eigenvalue weighted by Crippen LogP contribution is -2.29. The average molecular weight is 337 g/mol. The van der Waals surface area contributed by atoms with Gasteiger partial charge in [-0.1, -0.05) is 30.3 Å². The fourth-order valence-corrected chi connectivity index (χ4v) is 3.44. The van der Waals surface area contributed by atoms with E-state index in [9.17, 15) is 10.3 Å². The van der Waals surface area contributed by atoms with Crippen molar-refractivity contribution in [3.8, 4) is 5.75 Å². The van der Waals surface area contributed by atoms with Crippen LogP contribution in [0.25, 0.3) is 0 Å². The van der Waals surface area contributed by atoms with Gasteiger partial charge in [0.25, 0.3) is 0 Å². The summed E-state index contributed by atoms with van der Waals surface area (Å²) >= 11 is 0. The monoisotopic (exact) mass is 337 g/mol. The van der Waals surface area contributed by atoms with Crippen LogP contribution < -0.4 is 0 Å². The molecule has 132 valence electrons. The molecule has 0 unspecified atom stereocenters. The highest BCUT2D eigenvalue weighted by molar-refractivity contribution is 5.80. The van der Waals surface area contributed by atoms with Gasteiger partial charge in [0.05, 0.1) is 0 Å². The minimum atomic E-state index is -0.463. The van der Waals surface area contributed by atoms with Crippen molar-refractivity contribution < 1.29 is 9.85 Å². The third-order valence-electron chi connectivity index (χ3n) is 5.19. The highest BCUT2D eigenvalue weighted by Crippen LogP contribution is 2.55. The number of aryl methyl sites for hydroxylation is 2. The van der Waals surface area contributed by atoms with Gasteiger partial charge in [-0.2, -0.15) is 0 Å². The maximum atomic E-state index is 12.5. The minimum absolute atomic E-state index is 0.0466. The molecule has 1 saturated carbocycles. The van der Waals surface area contributed by atoms with Gasteiger partial charge in [0, 0.05) is 31.7 Å². The molecular formula is C22H27NO2. The fraction of sp³-hybridized carbons (Fsp3) is 0.409. The van der Waals surface area contributed by atoms with Crippen LogP contribution in [0.4, 0.5) is 0 Å². The molecule has 0 atom stereocenters. The van der Waals surface area contributed by atoms with Crippen molar-refractivity contribution in [2.24, 2.45) is 0 Å². The lowest BCUT2D eigenvalue weighted by Gasteiger charge is -2.22. The van der Waals surface area contributed by atoms with Crippen molar-refractivity contribution in [2.75, 3.05) is 0 Å². The van der Waals surface area contributed by atoms with Gasteiger partial charge >= 0.3 is 0 Å². The van der Waals surface area contributed by atoms with Gasteiger partial charge in [0.1, 0.15) is 5.75 Å². The number of rotatable bonds is 3. The number of hydrogen-bond acceptors (Lipinski definition) is 2. The van der Waals surface area contributed by atoms with E-state index in [1.807, 2.05) is 52.8 Å². The second-order valence-corrected chi connectivity index (χ2v) is 8.25. The average Bonchev–Trinajstić information content (AvgIpc) is 3.33. The number of nitrogens with zero attached hydrogens (tertiary/aromatic N) is 1. The molecule has 0 radical (unpaired) electrons. The topological polar surface area (TPSA) is 46.3 Å². The Hall–Kier alpha value is -2.29. The first-order valence-corrected chi connectivity index (χ1v) is 8.87. The van der Waals surface area contributed by atoms with Gasteiger partial charge in [-0.3, -0.25) is 0 Å². The molecule has 1 aliphatic rings. The molecule has 1 N–H and O–H groups in total. The molecule has 0 aromatic heterocycles. The predicted molar refractivity (Wildman–Crippen MR) is 103 cm³/mol. The Morgan fingerprint density at radius 2 is 1.64 bits per heavy atom. The number of hydrogen-bond donors (Lipinski definition) is 1. The molecule has 2 aromatic carbocycles. The van der Waals surface area contributed by atoms with Crippen LogP contribution in [0.15, 0.2) is 36.4 Å². The molecule has 0 aliphatic heterocycles. The van der Waals surface area contributed by atoms with E-state index in [-0.39, 0.29) is 5.41 Å². The summed E-state index contributed by atoms with van der Waals surface area (Å²) in [6.45, 7) is 9.63. The van der Waals surface area contributed by atoms with Gasteiger partial charge in [-0.05, 0) is 55.0 Å². The van der Waals surface area contributed by atoms with Crippen LogP contribution in [0.1, 0.15) is 61.4 Å². The number of aromatic hydroxyl groups is 1. The number of phenolic OH excluding ortho intramolecular Hbond substituents is 1. The van der Waals surface area contributed by atoms with E-state index in [2.05, 4.69) is 18.2 Å². The van der Waals surface area contributed by atoms with E-state index >= 15 is 0 Å². The first kappa shape index (κ1) is 17.5. The number of hydroxylamine groups is 1. The molecule has 1 aliphatic carbocycles. The third-order valence-corrected chi connectivity index (χ3v) is 5.19. The van der Waals surface area contributed by atoms with Crippen LogP contribution in [0.2, 0.25) is 0 Å². The van der Waals surface area contributed by atoms with Crippen molar-refractivity contribution in [2.45, 2.75) is 58.4 Å². The summed E-state index contributed by atoms with van der Waals surface area (Å²) in [7, 11) is 0. The van der Waals surface area contributed by atoms with Crippen LogP contribution in [-0.4, -0.2) is 21.6 Å². The summed E-state index contributed by atoms with van der Waals surface area (Å²) in [6, 6.07) is 12.4. The first-order chi connectivity index (χ1) is 11.6. The molecule has 3 heteroatoms. The molecule has 0 bridgehead atoms. The quantitative estimate of drug-likeness (QED) is 0.378. The maximum absolute atomic E-state index is 12.5. The van der Waals surface area contributed by atoms with Crippen LogP contribution in [0.5, 0.6) is 5.75 Å². The van der Waals surface area contributed by atoms with E-state index in [1.54, 1.807) is 6.21 Å². The van der Waals surface area contributed by atoms with Gasteiger partial charge in [-0.15, -0.1) is 0 Å². The number of benzene rings is 2. The van der Waals surface area contributed by atoms with Gasteiger partial charge < -0.3 is 10.3 Å². The zero-order valence-electron chi connectivity index (χ0n) is 15.8. The molecule has 0 amide bonds.